The van der Waals surface area contributed by atoms with Crippen LogP contribution in [0.4, 0.5) is 0 Å². The maximum absolute atomic E-state index is 13.2. The van der Waals surface area contributed by atoms with Gasteiger partial charge in [0.1, 0.15) is 17.2 Å². The summed E-state index contributed by atoms with van der Waals surface area (Å²) in [5.74, 6) is 2.11. The summed E-state index contributed by atoms with van der Waals surface area (Å²) in [6.07, 6.45) is 1.39. The van der Waals surface area contributed by atoms with Gasteiger partial charge in [0.15, 0.2) is 23.0 Å². The molecule has 0 unspecified atom stereocenters. The maximum atomic E-state index is 13.2. The van der Waals surface area contributed by atoms with Gasteiger partial charge >= 0.3 is 0 Å². The van der Waals surface area contributed by atoms with Crippen LogP contribution in [0.1, 0.15) is 0 Å². The molecule has 26 heavy (non-hydrogen) atoms. The van der Waals surface area contributed by atoms with E-state index >= 15 is 0 Å². The molecule has 7 heteroatoms. The van der Waals surface area contributed by atoms with Crippen LogP contribution in [0.5, 0.6) is 28.7 Å². The third kappa shape index (κ3) is 2.24. The molecule has 2 heterocycles. The largest absolute Gasteiger partial charge is 0.493 e. The Bertz CT molecular complexity index is 1050. The third-order valence-corrected chi connectivity index (χ3v) is 4.26. The molecule has 0 radical (unpaired) electrons. The molecule has 4 rings (SSSR count). The number of methoxy groups -OCH3 is 3. The van der Waals surface area contributed by atoms with E-state index in [4.69, 9.17) is 28.1 Å². The summed E-state index contributed by atoms with van der Waals surface area (Å²) in [4.78, 5) is 13.2. The number of para-hydroxylation sites is 1. The van der Waals surface area contributed by atoms with E-state index in [0.717, 1.165) is 0 Å². The van der Waals surface area contributed by atoms with Gasteiger partial charge in [-0.3, -0.25) is 4.79 Å². The molecular weight excluding hydrogens is 340 g/mol. The zero-order valence-corrected chi connectivity index (χ0v) is 14.5. The molecule has 0 amide bonds. The summed E-state index contributed by atoms with van der Waals surface area (Å²) in [5, 5.41) is 0.277. The Morgan fingerprint density at radius 2 is 1.77 bits per heavy atom. The van der Waals surface area contributed by atoms with Gasteiger partial charge in [0, 0.05) is 11.6 Å². The van der Waals surface area contributed by atoms with Crippen molar-refractivity contribution in [3.63, 3.8) is 0 Å². The number of fused-ring (bicyclic) bond motifs is 2. The molecule has 1 aliphatic heterocycles. The normalized spacial score (nSPS) is 12.3. The molecule has 0 atom stereocenters. The number of benzene rings is 2. The van der Waals surface area contributed by atoms with Gasteiger partial charge in [0.05, 0.1) is 26.9 Å². The summed E-state index contributed by atoms with van der Waals surface area (Å²) >= 11 is 0. The van der Waals surface area contributed by atoms with E-state index in [0.29, 0.717) is 39.7 Å². The summed E-state index contributed by atoms with van der Waals surface area (Å²) in [5.41, 5.74) is 0.960. The van der Waals surface area contributed by atoms with Gasteiger partial charge in [0.2, 0.25) is 18.0 Å². The fraction of sp³-hybridized carbons (Fsp3) is 0.211. The maximum Gasteiger partial charge on any atom is 0.231 e. The van der Waals surface area contributed by atoms with Crippen LogP contribution in [0.3, 0.4) is 0 Å². The van der Waals surface area contributed by atoms with Crippen LogP contribution < -0.4 is 29.1 Å². The van der Waals surface area contributed by atoms with Crippen molar-refractivity contribution in [3.05, 3.63) is 40.8 Å². The van der Waals surface area contributed by atoms with E-state index in [9.17, 15) is 4.79 Å². The average molecular weight is 356 g/mol. The summed E-state index contributed by atoms with van der Waals surface area (Å²) in [7, 11) is 4.52. The van der Waals surface area contributed by atoms with Crippen molar-refractivity contribution in [3.8, 4) is 39.9 Å². The van der Waals surface area contributed by atoms with E-state index in [1.54, 1.807) is 24.3 Å². The van der Waals surface area contributed by atoms with E-state index in [2.05, 4.69) is 0 Å². The number of hydrogen-bond acceptors (Lipinski definition) is 7. The van der Waals surface area contributed by atoms with E-state index in [1.165, 1.54) is 27.6 Å². The molecule has 0 saturated carbocycles. The van der Waals surface area contributed by atoms with E-state index < -0.39 is 0 Å². The van der Waals surface area contributed by atoms with Crippen LogP contribution in [-0.4, -0.2) is 28.1 Å². The predicted octanol–water partition coefficient (Wildman–Crippen LogP) is 3.21. The summed E-state index contributed by atoms with van der Waals surface area (Å²) in [6.45, 7) is 0.0623. The minimum absolute atomic E-state index is 0.0623. The molecule has 3 aromatic rings. The van der Waals surface area contributed by atoms with Gasteiger partial charge in [-0.05, 0) is 6.07 Å². The molecule has 0 saturated heterocycles. The lowest BCUT2D eigenvalue weighted by atomic mass is 10.0. The quantitative estimate of drug-likeness (QED) is 0.710. The van der Waals surface area contributed by atoms with Crippen LogP contribution in [0.2, 0.25) is 0 Å². The molecule has 0 spiro atoms. The fourth-order valence-electron chi connectivity index (χ4n) is 3.09. The Kier molecular flexibility index (Phi) is 3.84. The van der Waals surface area contributed by atoms with Crippen molar-refractivity contribution in [2.24, 2.45) is 0 Å². The molecule has 0 bridgehead atoms. The van der Waals surface area contributed by atoms with Gasteiger partial charge in [-0.1, -0.05) is 12.1 Å². The fourth-order valence-corrected chi connectivity index (χ4v) is 3.09. The topological polar surface area (TPSA) is 76.4 Å². The van der Waals surface area contributed by atoms with Crippen LogP contribution in [0.25, 0.3) is 22.1 Å². The minimum atomic E-state index is -0.270. The molecule has 0 N–H and O–H groups in total. The number of ether oxygens (including phenoxy) is 5. The molecular formula is C19H16O7. The van der Waals surface area contributed by atoms with Crippen LogP contribution in [0.15, 0.2) is 39.7 Å². The second-order valence-electron chi connectivity index (χ2n) is 5.54. The van der Waals surface area contributed by atoms with Crippen molar-refractivity contribution >= 4 is 11.0 Å². The average Bonchev–Trinajstić information content (AvgIpc) is 3.14. The highest BCUT2D eigenvalue weighted by atomic mass is 16.7. The molecule has 0 aliphatic carbocycles. The molecule has 2 aromatic carbocycles. The zero-order valence-electron chi connectivity index (χ0n) is 14.5. The minimum Gasteiger partial charge on any atom is -0.493 e. The van der Waals surface area contributed by atoms with Crippen molar-refractivity contribution in [1.29, 1.82) is 0 Å². The van der Waals surface area contributed by atoms with Gasteiger partial charge < -0.3 is 28.1 Å². The summed E-state index contributed by atoms with van der Waals surface area (Å²) < 4.78 is 32.7. The third-order valence-electron chi connectivity index (χ3n) is 4.26. The Morgan fingerprint density at radius 3 is 2.50 bits per heavy atom. The Morgan fingerprint density at radius 1 is 0.962 bits per heavy atom. The van der Waals surface area contributed by atoms with Crippen LogP contribution in [-0.2, 0) is 0 Å². The highest BCUT2D eigenvalue weighted by Crippen LogP contribution is 2.46. The van der Waals surface area contributed by atoms with Gasteiger partial charge in [-0.2, -0.15) is 0 Å². The lowest BCUT2D eigenvalue weighted by Gasteiger charge is -2.13. The second kappa shape index (κ2) is 6.18. The molecule has 7 nitrogen and oxygen atoms in total. The number of rotatable bonds is 4. The predicted molar refractivity (Wildman–Crippen MR) is 93.7 cm³/mol. The first kappa shape index (κ1) is 16.1. The van der Waals surface area contributed by atoms with Gasteiger partial charge in [-0.25, -0.2) is 0 Å². The first-order valence-corrected chi connectivity index (χ1v) is 7.83. The first-order chi connectivity index (χ1) is 12.7. The van der Waals surface area contributed by atoms with Gasteiger partial charge in [0.25, 0.3) is 0 Å². The lowest BCUT2D eigenvalue weighted by molar-refractivity contribution is 0.171. The van der Waals surface area contributed by atoms with Crippen LogP contribution >= 0.6 is 0 Å². The highest BCUT2D eigenvalue weighted by Gasteiger charge is 2.26. The smallest absolute Gasteiger partial charge is 0.231 e. The Balaban J connectivity index is 2.04. The highest BCUT2D eigenvalue weighted by molar-refractivity contribution is 5.92. The lowest BCUT2D eigenvalue weighted by Crippen LogP contribution is -2.08. The zero-order chi connectivity index (χ0) is 18.3. The SMILES string of the molecule is COc1cccc(-c2coc3cc4c(c(OC)c3c2=O)OCO4)c1OC. The molecule has 0 fully saturated rings. The van der Waals surface area contributed by atoms with E-state index in [-0.39, 0.29) is 23.4 Å². The Labute approximate surface area is 148 Å². The molecule has 1 aromatic heterocycles. The molecule has 1 aliphatic rings. The first-order valence-electron chi connectivity index (χ1n) is 7.83. The van der Waals surface area contributed by atoms with Crippen molar-refractivity contribution in [1.82, 2.24) is 0 Å². The van der Waals surface area contributed by atoms with Gasteiger partial charge in [-0.15, -0.1) is 0 Å². The summed E-state index contributed by atoms with van der Waals surface area (Å²) in [6, 6.07) is 6.91. The Hall–Kier alpha value is -3.35. The monoisotopic (exact) mass is 356 g/mol. The van der Waals surface area contributed by atoms with E-state index in [1.807, 2.05) is 0 Å². The van der Waals surface area contributed by atoms with Crippen molar-refractivity contribution < 1.29 is 28.1 Å². The van der Waals surface area contributed by atoms with Crippen molar-refractivity contribution in [2.45, 2.75) is 0 Å². The van der Waals surface area contributed by atoms with Crippen LogP contribution in [0, 0.1) is 0 Å². The van der Waals surface area contributed by atoms with Crippen molar-refractivity contribution in [2.75, 3.05) is 28.1 Å². The number of hydrogen-bond donors (Lipinski definition) is 0. The molecule has 134 valence electrons. The second-order valence-corrected chi connectivity index (χ2v) is 5.54. The standard InChI is InChI=1S/C19H16O7/c1-21-12-6-4-5-10(17(12)22-2)11-8-24-13-7-14-18(26-9-25-14)19(23-3)15(13)16(11)20/h4-8H,9H2,1-3H3.